The van der Waals surface area contributed by atoms with Crippen LogP contribution in [0.4, 0.5) is 0 Å². The number of carbonyl (C=O) groups excluding carboxylic acids is 2. The summed E-state index contributed by atoms with van der Waals surface area (Å²) in [6.07, 6.45) is 4.96. The third kappa shape index (κ3) is 3.46. The first-order valence-corrected chi connectivity index (χ1v) is 7.28. The quantitative estimate of drug-likeness (QED) is 0.409. The van der Waals surface area contributed by atoms with E-state index in [-0.39, 0.29) is 24.1 Å². The number of ether oxygens (including phenoxy) is 1. The lowest BCUT2D eigenvalue weighted by Crippen LogP contribution is -2.45. The van der Waals surface area contributed by atoms with Crippen molar-refractivity contribution in [1.29, 1.82) is 5.41 Å². The number of aromatic nitrogens is 1. The minimum absolute atomic E-state index is 0.0460. The number of thiazole rings is 1. The first-order chi connectivity index (χ1) is 9.93. The van der Waals surface area contributed by atoms with Crippen LogP contribution in [-0.2, 0) is 20.1 Å². The molecule has 0 saturated carbocycles. The number of cyclic esters (lactones) is 1. The molecule has 1 aromatic heterocycles. The van der Waals surface area contributed by atoms with Gasteiger partial charge in [0, 0.05) is 30.0 Å². The fourth-order valence-electron chi connectivity index (χ4n) is 1.83. The van der Waals surface area contributed by atoms with Crippen LogP contribution in [0.3, 0.4) is 0 Å². The number of rotatable bonds is 6. The summed E-state index contributed by atoms with van der Waals surface area (Å²) in [5, 5.41) is 12.2. The number of amidine groups is 1. The van der Waals surface area contributed by atoms with Crippen molar-refractivity contribution in [2.75, 3.05) is 0 Å². The molecule has 2 atom stereocenters. The zero-order valence-corrected chi connectivity index (χ0v) is 12.3. The van der Waals surface area contributed by atoms with Crippen LogP contribution in [0.1, 0.15) is 24.8 Å². The molecule has 8 heteroatoms. The molecule has 0 spiro atoms. The number of nitrogens with two attached hydrogens (primary N) is 1. The van der Waals surface area contributed by atoms with Gasteiger partial charge in [0.25, 0.3) is 5.72 Å². The number of esters is 1. The second kappa shape index (κ2) is 6.04. The van der Waals surface area contributed by atoms with Crippen LogP contribution in [0.5, 0.6) is 0 Å². The monoisotopic (exact) mass is 308 g/mol. The highest BCUT2D eigenvalue weighted by molar-refractivity contribution is 7.09. The zero-order valence-electron chi connectivity index (χ0n) is 11.5. The van der Waals surface area contributed by atoms with Crippen molar-refractivity contribution >= 4 is 29.0 Å². The van der Waals surface area contributed by atoms with Crippen molar-refractivity contribution in [2.45, 2.75) is 25.5 Å². The zero-order chi connectivity index (χ0) is 15.5. The van der Waals surface area contributed by atoms with Crippen LogP contribution in [0.25, 0.3) is 0 Å². The second-order valence-corrected chi connectivity index (χ2v) is 5.67. The van der Waals surface area contributed by atoms with Gasteiger partial charge in [-0.05, 0) is 12.5 Å². The molecule has 0 aliphatic carbocycles. The minimum Gasteiger partial charge on any atom is -0.425 e. The van der Waals surface area contributed by atoms with Gasteiger partial charge in [0.1, 0.15) is 0 Å². The van der Waals surface area contributed by atoms with Gasteiger partial charge in [0.15, 0.2) is 5.01 Å². The molecule has 1 aliphatic heterocycles. The lowest BCUT2D eigenvalue weighted by molar-refractivity contribution is -0.151. The summed E-state index contributed by atoms with van der Waals surface area (Å²) in [6.45, 7) is 1.78. The molecule has 112 valence electrons. The van der Waals surface area contributed by atoms with Crippen molar-refractivity contribution in [3.8, 4) is 0 Å². The summed E-state index contributed by atoms with van der Waals surface area (Å²) in [5.74, 6) is -0.946. The van der Waals surface area contributed by atoms with E-state index < -0.39 is 11.7 Å². The average Bonchev–Trinajstić information content (AvgIpc) is 3.06. The molecule has 0 bridgehead atoms. The van der Waals surface area contributed by atoms with Crippen LogP contribution < -0.4 is 11.1 Å². The molecule has 0 aromatic carbocycles. The Bertz CT molecular complexity index is 584. The van der Waals surface area contributed by atoms with Gasteiger partial charge in [0.2, 0.25) is 5.91 Å². The summed E-state index contributed by atoms with van der Waals surface area (Å²) >= 11 is 1.28. The fourth-order valence-corrected chi connectivity index (χ4v) is 2.54. The minimum atomic E-state index is -1.32. The SMILES string of the molecule is CC(CCC(=O)NC1(c2nccs2)C=CC(=O)O1)C(=N)N. The van der Waals surface area contributed by atoms with Gasteiger partial charge in [0.05, 0.1) is 5.84 Å². The molecule has 21 heavy (non-hydrogen) atoms. The Morgan fingerprint density at radius 2 is 2.43 bits per heavy atom. The molecule has 1 amide bonds. The molecule has 2 unspecified atom stereocenters. The number of carbonyl (C=O) groups is 2. The van der Waals surface area contributed by atoms with E-state index in [2.05, 4.69) is 10.3 Å². The number of nitrogens with zero attached hydrogens (tertiary/aromatic N) is 1. The molecule has 0 saturated heterocycles. The van der Waals surface area contributed by atoms with E-state index >= 15 is 0 Å². The van der Waals surface area contributed by atoms with Crippen molar-refractivity contribution in [3.05, 3.63) is 28.7 Å². The first-order valence-electron chi connectivity index (χ1n) is 6.40. The smallest absolute Gasteiger partial charge is 0.333 e. The van der Waals surface area contributed by atoms with E-state index in [1.54, 1.807) is 18.5 Å². The molecule has 0 fully saturated rings. The van der Waals surface area contributed by atoms with E-state index in [0.717, 1.165) is 0 Å². The number of hydrogen-bond donors (Lipinski definition) is 3. The van der Waals surface area contributed by atoms with Gasteiger partial charge in [-0.15, -0.1) is 11.3 Å². The standard InChI is InChI=1S/C13H16N4O3S/c1-8(11(14)15)2-3-9(18)17-13(5-4-10(19)20-13)12-16-6-7-21-12/h4-8H,2-3H2,1H3,(H3,14,15)(H,17,18). The fraction of sp³-hybridized carbons (Fsp3) is 0.385. The van der Waals surface area contributed by atoms with Gasteiger partial charge in [-0.1, -0.05) is 6.92 Å². The van der Waals surface area contributed by atoms with Gasteiger partial charge in [-0.3, -0.25) is 10.2 Å². The predicted octanol–water partition coefficient (Wildman–Crippen LogP) is 0.877. The van der Waals surface area contributed by atoms with Crippen LogP contribution in [-0.4, -0.2) is 22.7 Å². The molecule has 7 nitrogen and oxygen atoms in total. The van der Waals surface area contributed by atoms with Crippen molar-refractivity contribution in [2.24, 2.45) is 11.7 Å². The second-order valence-electron chi connectivity index (χ2n) is 4.77. The summed E-state index contributed by atoms with van der Waals surface area (Å²) in [4.78, 5) is 27.5. The lowest BCUT2D eigenvalue weighted by atomic mass is 10.0. The van der Waals surface area contributed by atoms with E-state index in [9.17, 15) is 9.59 Å². The van der Waals surface area contributed by atoms with E-state index in [1.807, 2.05) is 0 Å². The Balaban J connectivity index is 2.04. The molecule has 0 radical (unpaired) electrons. The Labute approximate surface area is 125 Å². The van der Waals surface area contributed by atoms with Crippen LogP contribution in [0.15, 0.2) is 23.7 Å². The van der Waals surface area contributed by atoms with Crippen molar-refractivity contribution in [1.82, 2.24) is 10.3 Å². The maximum atomic E-state index is 12.1. The maximum Gasteiger partial charge on any atom is 0.333 e. The normalized spacial score (nSPS) is 21.9. The molecule has 1 aromatic rings. The van der Waals surface area contributed by atoms with Gasteiger partial charge in [-0.2, -0.15) is 0 Å². The highest BCUT2D eigenvalue weighted by Gasteiger charge is 2.41. The highest BCUT2D eigenvalue weighted by atomic mass is 32.1. The maximum absolute atomic E-state index is 12.1. The molecular formula is C13H16N4O3S. The van der Waals surface area contributed by atoms with Gasteiger partial charge in [-0.25, -0.2) is 9.78 Å². The Hall–Kier alpha value is -2.22. The van der Waals surface area contributed by atoms with E-state index in [1.165, 1.54) is 23.5 Å². The third-order valence-corrected chi connectivity index (χ3v) is 4.02. The molecular weight excluding hydrogens is 292 g/mol. The predicted molar refractivity (Wildman–Crippen MR) is 77.5 cm³/mol. The number of nitrogens with one attached hydrogen (secondary N) is 2. The summed E-state index contributed by atoms with van der Waals surface area (Å²) in [6, 6.07) is 0. The van der Waals surface area contributed by atoms with Crippen LogP contribution >= 0.6 is 11.3 Å². The van der Waals surface area contributed by atoms with Crippen molar-refractivity contribution < 1.29 is 14.3 Å². The molecule has 1 aliphatic rings. The average molecular weight is 308 g/mol. The third-order valence-electron chi connectivity index (χ3n) is 3.13. The largest absolute Gasteiger partial charge is 0.425 e. The first kappa shape index (κ1) is 15.2. The Morgan fingerprint density at radius 3 is 2.95 bits per heavy atom. The number of amides is 1. The molecule has 2 heterocycles. The summed E-state index contributed by atoms with van der Waals surface area (Å²) in [7, 11) is 0. The Morgan fingerprint density at radius 1 is 1.67 bits per heavy atom. The lowest BCUT2D eigenvalue weighted by Gasteiger charge is -2.25. The highest BCUT2D eigenvalue weighted by Crippen LogP contribution is 2.30. The van der Waals surface area contributed by atoms with Crippen molar-refractivity contribution in [3.63, 3.8) is 0 Å². The van der Waals surface area contributed by atoms with Gasteiger partial charge >= 0.3 is 5.97 Å². The summed E-state index contributed by atoms with van der Waals surface area (Å²) in [5.41, 5.74) is 4.05. The topological polar surface area (TPSA) is 118 Å². The molecule has 4 N–H and O–H groups in total. The number of hydrogen-bond acceptors (Lipinski definition) is 6. The Kier molecular flexibility index (Phi) is 4.37. The van der Waals surface area contributed by atoms with E-state index in [4.69, 9.17) is 15.9 Å². The van der Waals surface area contributed by atoms with Gasteiger partial charge < -0.3 is 15.8 Å². The van der Waals surface area contributed by atoms with Crippen LogP contribution in [0.2, 0.25) is 0 Å². The summed E-state index contributed by atoms with van der Waals surface area (Å²) < 4.78 is 5.22. The van der Waals surface area contributed by atoms with Crippen LogP contribution in [0, 0.1) is 11.3 Å². The molecule has 2 rings (SSSR count). The van der Waals surface area contributed by atoms with E-state index in [0.29, 0.717) is 11.4 Å².